The Kier molecular flexibility index (Phi) is 7.79. The Morgan fingerprint density at radius 3 is 2.75 bits per heavy atom. The topological polar surface area (TPSA) is 44.5 Å². The van der Waals surface area contributed by atoms with Gasteiger partial charge < -0.3 is 15.2 Å². The molecule has 20 heavy (non-hydrogen) atoms. The van der Waals surface area contributed by atoms with Crippen molar-refractivity contribution in [3.63, 3.8) is 0 Å². The molecule has 0 aliphatic rings. The highest BCUT2D eigenvalue weighted by Crippen LogP contribution is 2.19. The molecule has 0 bridgehead atoms. The second-order valence-electron chi connectivity index (χ2n) is 5.13. The van der Waals surface area contributed by atoms with Gasteiger partial charge in [0.25, 0.3) is 0 Å². The quantitative estimate of drug-likeness (QED) is 0.614. The molecule has 0 aliphatic carbocycles. The molecule has 0 spiro atoms. The summed E-state index contributed by atoms with van der Waals surface area (Å²) in [6.07, 6.45) is 2.31. The third-order valence-electron chi connectivity index (χ3n) is 2.93. The Balaban J connectivity index is 2.54. The van der Waals surface area contributed by atoms with Crippen molar-refractivity contribution in [2.45, 2.75) is 33.3 Å². The van der Waals surface area contributed by atoms with Gasteiger partial charge >= 0.3 is 0 Å². The molecule has 0 saturated heterocycles. The molecule has 0 aliphatic heterocycles. The standard InChI is InChI=1S/C17H25NO2/c1-14(2)6-5-11-20-13-15-8-9-17(19-3)16(12-15)7-4-10-18/h8-9,12,14H,5-6,10-11,13,18H2,1-3H3. The van der Waals surface area contributed by atoms with Crippen molar-refractivity contribution in [3.8, 4) is 17.6 Å². The lowest BCUT2D eigenvalue weighted by molar-refractivity contribution is 0.115. The van der Waals surface area contributed by atoms with E-state index in [2.05, 4.69) is 25.7 Å². The van der Waals surface area contributed by atoms with E-state index in [1.165, 1.54) is 6.42 Å². The molecule has 110 valence electrons. The van der Waals surface area contributed by atoms with Crippen LogP contribution in [0.1, 0.15) is 37.8 Å². The van der Waals surface area contributed by atoms with E-state index in [0.29, 0.717) is 13.2 Å². The molecule has 0 aromatic heterocycles. The monoisotopic (exact) mass is 275 g/mol. The maximum Gasteiger partial charge on any atom is 0.134 e. The Hall–Kier alpha value is -1.50. The fraction of sp³-hybridized carbons (Fsp3) is 0.529. The summed E-state index contributed by atoms with van der Waals surface area (Å²) in [7, 11) is 1.64. The summed E-state index contributed by atoms with van der Waals surface area (Å²) in [5.41, 5.74) is 7.37. The maximum absolute atomic E-state index is 5.69. The van der Waals surface area contributed by atoms with Gasteiger partial charge in [-0.1, -0.05) is 31.8 Å². The fourth-order valence-electron chi connectivity index (χ4n) is 1.87. The number of nitrogens with two attached hydrogens (primary N) is 1. The molecule has 0 radical (unpaired) electrons. The van der Waals surface area contributed by atoms with Gasteiger partial charge in [0.1, 0.15) is 5.75 Å². The van der Waals surface area contributed by atoms with Crippen LogP contribution in [0, 0.1) is 17.8 Å². The van der Waals surface area contributed by atoms with Crippen molar-refractivity contribution in [2.75, 3.05) is 20.3 Å². The van der Waals surface area contributed by atoms with Crippen LogP contribution in [-0.4, -0.2) is 20.3 Å². The summed E-state index contributed by atoms with van der Waals surface area (Å²) in [4.78, 5) is 0. The first-order chi connectivity index (χ1) is 9.67. The van der Waals surface area contributed by atoms with Gasteiger partial charge in [-0.15, -0.1) is 0 Å². The second kappa shape index (κ2) is 9.41. The lowest BCUT2D eigenvalue weighted by Crippen LogP contribution is -1.99. The first-order valence-corrected chi connectivity index (χ1v) is 7.11. The van der Waals surface area contributed by atoms with Crippen molar-refractivity contribution < 1.29 is 9.47 Å². The van der Waals surface area contributed by atoms with E-state index in [0.717, 1.165) is 35.8 Å². The highest BCUT2D eigenvalue weighted by Gasteiger charge is 2.02. The van der Waals surface area contributed by atoms with Crippen LogP contribution in [0.3, 0.4) is 0 Å². The first kappa shape index (κ1) is 16.6. The molecule has 0 amide bonds. The Labute approximate surface area is 122 Å². The van der Waals surface area contributed by atoms with Gasteiger partial charge in [0, 0.05) is 6.61 Å². The van der Waals surface area contributed by atoms with E-state index in [-0.39, 0.29) is 0 Å². The molecular weight excluding hydrogens is 250 g/mol. The number of methoxy groups -OCH3 is 1. The molecule has 1 aromatic carbocycles. The van der Waals surface area contributed by atoms with Gasteiger partial charge in [-0.3, -0.25) is 0 Å². The largest absolute Gasteiger partial charge is 0.495 e. The van der Waals surface area contributed by atoms with Crippen LogP contribution in [0.25, 0.3) is 0 Å². The molecule has 0 unspecified atom stereocenters. The third kappa shape index (κ3) is 6.10. The van der Waals surface area contributed by atoms with Crippen LogP contribution in [0.2, 0.25) is 0 Å². The summed E-state index contributed by atoms with van der Waals surface area (Å²) in [6, 6.07) is 5.94. The minimum atomic E-state index is 0.346. The van der Waals surface area contributed by atoms with Crippen molar-refractivity contribution in [3.05, 3.63) is 29.3 Å². The summed E-state index contributed by atoms with van der Waals surface area (Å²) in [6.45, 7) is 6.21. The minimum absolute atomic E-state index is 0.346. The van der Waals surface area contributed by atoms with Gasteiger partial charge in [-0.05, 0) is 36.5 Å². The van der Waals surface area contributed by atoms with Gasteiger partial charge in [0.15, 0.2) is 0 Å². The Morgan fingerprint density at radius 1 is 1.30 bits per heavy atom. The molecule has 2 N–H and O–H groups in total. The molecule has 1 aromatic rings. The fourth-order valence-corrected chi connectivity index (χ4v) is 1.87. The summed E-state index contributed by atoms with van der Waals surface area (Å²) in [5.74, 6) is 7.38. The number of ether oxygens (including phenoxy) is 2. The van der Waals surface area contributed by atoms with Crippen molar-refractivity contribution in [1.82, 2.24) is 0 Å². The molecule has 0 fully saturated rings. The molecule has 0 heterocycles. The number of rotatable bonds is 7. The first-order valence-electron chi connectivity index (χ1n) is 7.11. The molecule has 0 atom stereocenters. The highest BCUT2D eigenvalue weighted by atomic mass is 16.5. The van der Waals surface area contributed by atoms with Crippen LogP contribution < -0.4 is 10.5 Å². The smallest absolute Gasteiger partial charge is 0.134 e. The van der Waals surface area contributed by atoms with E-state index < -0.39 is 0 Å². The van der Waals surface area contributed by atoms with Crippen molar-refractivity contribution in [1.29, 1.82) is 0 Å². The Morgan fingerprint density at radius 2 is 2.10 bits per heavy atom. The average Bonchev–Trinajstić information content (AvgIpc) is 2.44. The SMILES string of the molecule is COc1ccc(COCCCC(C)C)cc1C#CCN. The molecular formula is C17H25NO2. The molecule has 3 heteroatoms. The zero-order valence-corrected chi connectivity index (χ0v) is 12.7. The maximum atomic E-state index is 5.69. The lowest BCUT2D eigenvalue weighted by Gasteiger charge is -2.08. The van der Waals surface area contributed by atoms with E-state index in [9.17, 15) is 0 Å². The van der Waals surface area contributed by atoms with Crippen molar-refractivity contribution in [2.24, 2.45) is 11.7 Å². The van der Waals surface area contributed by atoms with Crippen LogP contribution in [0.15, 0.2) is 18.2 Å². The number of benzene rings is 1. The van der Waals surface area contributed by atoms with E-state index in [1.54, 1.807) is 7.11 Å². The number of hydrogen-bond donors (Lipinski definition) is 1. The van der Waals surface area contributed by atoms with E-state index >= 15 is 0 Å². The van der Waals surface area contributed by atoms with Gasteiger partial charge in [-0.2, -0.15) is 0 Å². The van der Waals surface area contributed by atoms with Crippen LogP contribution in [0.4, 0.5) is 0 Å². The number of hydrogen-bond acceptors (Lipinski definition) is 3. The van der Waals surface area contributed by atoms with Crippen LogP contribution >= 0.6 is 0 Å². The minimum Gasteiger partial charge on any atom is -0.495 e. The zero-order chi connectivity index (χ0) is 14.8. The third-order valence-corrected chi connectivity index (χ3v) is 2.93. The van der Waals surface area contributed by atoms with E-state index in [4.69, 9.17) is 15.2 Å². The average molecular weight is 275 g/mol. The highest BCUT2D eigenvalue weighted by molar-refractivity contribution is 5.48. The van der Waals surface area contributed by atoms with Gasteiger partial charge in [0.2, 0.25) is 0 Å². The van der Waals surface area contributed by atoms with Crippen molar-refractivity contribution >= 4 is 0 Å². The lowest BCUT2D eigenvalue weighted by atomic mass is 10.1. The Bertz CT molecular complexity index is 458. The van der Waals surface area contributed by atoms with Crippen LogP contribution in [-0.2, 0) is 11.3 Å². The van der Waals surface area contributed by atoms with Gasteiger partial charge in [-0.25, -0.2) is 0 Å². The summed E-state index contributed by atoms with van der Waals surface area (Å²) < 4.78 is 11.0. The predicted octanol–water partition coefficient (Wildman–Crippen LogP) is 2.96. The van der Waals surface area contributed by atoms with Gasteiger partial charge in [0.05, 0.1) is 25.8 Å². The van der Waals surface area contributed by atoms with Crippen LogP contribution in [0.5, 0.6) is 5.75 Å². The van der Waals surface area contributed by atoms with E-state index in [1.807, 2.05) is 18.2 Å². The molecule has 0 saturated carbocycles. The predicted molar refractivity (Wildman–Crippen MR) is 82.7 cm³/mol. The summed E-state index contributed by atoms with van der Waals surface area (Å²) in [5, 5.41) is 0. The normalized spacial score (nSPS) is 10.2. The summed E-state index contributed by atoms with van der Waals surface area (Å²) >= 11 is 0. The molecule has 1 rings (SSSR count). The molecule has 3 nitrogen and oxygen atoms in total. The second-order valence-corrected chi connectivity index (χ2v) is 5.13. The zero-order valence-electron chi connectivity index (χ0n) is 12.7.